The number of aliphatic hydroxyl groups excluding tert-OH is 3. The first kappa shape index (κ1) is 12.0. The Labute approximate surface area is 95.9 Å². The largest absolute Gasteiger partial charge is 0.394 e. The highest BCUT2D eigenvalue weighted by atomic mass is 16.6. The van der Waals surface area contributed by atoms with E-state index in [0.29, 0.717) is 0 Å². The van der Waals surface area contributed by atoms with Crippen molar-refractivity contribution in [2.75, 3.05) is 12.3 Å². The van der Waals surface area contributed by atoms with Crippen LogP contribution < -0.4 is 11.4 Å². The van der Waals surface area contributed by atoms with Gasteiger partial charge in [-0.3, -0.25) is 4.57 Å². The third-order valence-electron chi connectivity index (χ3n) is 2.64. The number of rotatable bonds is 2. The molecule has 1 saturated heterocycles. The predicted molar refractivity (Wildman–Crippen MR) is 55.9 cm³/mol. The minimum Gasteiger partial charge on any atom is -0.394 e. The summed E-state index contributed by atoms with van der Waals surface area (Å²) in [6.45, 7) is -0.453. The molecule has 1 aliphatic rings. The summed E-state index contributed by atoms with van der Waals surface area (Å²) in [5.74, 6) is 0.0537. The first-order valence-electron chi connectivity index (χ1n) is 5.01. The lowest BCUT2D eigenvalue weighted by Crippen LogP contribution is -2.36. The zero-order chi connectivity index (χ0) is 12.6. The number of aliphatic hydroxyl groups is 3. The minimum atomic E-state index is -1.31. The number of hydrogen-bond donors (Lipinski definition) is 4. The van der Waals surface area contributed by atoms with Crippen LogP contribution in [-0.4, -0.2) is 49.8 Å². The molecule has 1 aromatic heterocycles. The summed E-state index contributed by atoms with van der Waals surface area (Å²) in [6.07, 6.45) is -3.27. The average molecular weight is 244 g/mol. The molecule has 5 N–H and O–H groups in total. The van der Waals surface area contributed by atoms with E-state index in [-0.39, 0.29) is 5.82 Å². The number of ether oxygens (including phenoxy) is 1. The van der Waals surface area contributed by atoms with E-state index in [2.05, 4.69) is 4.98 Å². The highest BCUT2D eigenvalue weighted by Crippen LogP contribution is 2.27. The molecule has 94 valence electrons. The SMILES string of the molecule is Nc1ccn([C@@H]2O[C@H](CO)[C@@H](O)[C@H]2O)c(=O)[15n]1. The molecule has 2 heterocycles. The van der Waals surface area contributed by atoms with Crippen molar-refractivity contribution < 1.29 is 20.1 Å². The molecule has 0 spiro atoms. The second-order valence-corrected chi connectivity index (χ2v) is 3.77. The maximum absolute atomic E-state index is 11.5. The molecular formula is C9H13N3O5. The molecule has 1 aliphatic heterocycles. The summed E-state index contributed by atoms with van der Waals surface area (Å²) < 4.78 is 6.19. The first-order chi connectivity index (χ1) is 8.04. The second-order valence-electron chi connectivity index (χ2n) is 3.77. The van der Waals surface area contributed by atoms with Gasteiger partial charge in [0.1, 0.15) is 24.1 Å². The number of hydrogen-bond acceptors (Lipinski definition) is 7. The maximum atomic E-state index is 11.5. The summed E-state index contributed by atoms with van der Waals surface area (Å²) >= 11 is 0. The molecule has 1 fully saturated rings. The normalized spacial score (nSPS) is 32.9. The van der Waals surface area contributed by atoms with E-state index >= 15 is 0 Å². The Morgan fingerprint density at radius 1 is 1.47 bits per heavy atom. The van der Waals surface area contributed by atoms with Gasteiger partial charge in [0.05, 0.1) is 6.61 Å². The van der Waals surface area contributed by atoms with Crippen LogP contribution in [0.3, 0.4) is 0 Å². The first-order valence-corrected chi connectivity index (χ1v) is 5.01. The number of nitrogens with zero attached hydrogens (tertiary/aromatic N) is 2. The molecule has 8 heteroatoms. The van der Waals surface area contributed by atoms with Crippen molar-refractivity contribution in [1.82, 2.24) is 9.55 Å². The third-order valence-corrected chi connectivity index (χ3v) is 2.64. The van der Waals surface area contributed by atoms with Gasteiger partial charge in [-0.2, -0.15) is 4.98 Å². The molecule has 17 heavy (non-hydrogen) atoms. The lowest BCUT2D eigenvalue weighted by molar-refractivity contribution is -0.0549. The van der Waals surface area contributed by atoms with Gasteiger partial charge < -0.3 is 25.8 Å². The van der Waals surface area contributed by atoms with Gasteiger partial charge in [-0.15, -0.1) is 0 Å². The highest BCUT2D eigenvalue weighted by Gasteiger charge is 2.43. The Balaban J connectivity index is 2.32. The van der Waals surface area contributed by atoms with Crippen LogP contribution in [0.1, 0.15) is 6.23 Å². The van der Waals surface area contributed by atoms with Crippen molar-refractivity contribution in [3.8, 4) is 0 Å². The van der Waals surface area contributed by atoms with E-state index in [4.69, 9.17) is 15.6 Å². The molecule has 4 atom stereocenters. The average Bonchev–Trinajstić information content (AvgIpc) is 2.57. The Bertz CT molecular complexity index is 462. The van der Waals surface area contributed by atoms with Crippen molar-refractivity contribution >= 4 is 5.82 Å². The van der Waals surface area contributed by atoms with Crippen molar-refractivity contribution in [2.45, 2.75) is 24.5 Å². The number of anilines is 1. The molecule has 0 unspecified atom stereocenters. The zero-order valence-corrected chi connectivity index (χ0v) is 8.80. The van der Waals surface area contributed by atoms with Crippen molar-refractivity contribution in [3.63, 3.8) is 0 Å². The van der Waals surface area contributed by atoms with Crippen LogP contribution in [0.2, 0.25) is 0 Å². The van der Waals surface area contributed by atoms with E-state index in [9.17, 15) is 15.0 Å². The molecule has 0 aliphatic carbocycles. The van der Waals surface area contributed by atoms with Gasteiger partial charge in [0, 0.05) is 6.20 Å². The van der Waals surface area contributed by atoms with Crippen LogP contribution in [0.25, 0.3) is 0 Å². The monoisotopic (exact) mass is 244 g/mol. The quantitative estimate of drug-likeness (QED) is 0.450. The molecule has 0 radical (unpaired) electrons. The topological polar surface area (TPSA) is 131 Å². The molecule has 0 bridgehead atoms. The van der Waals surface area contributed by atoms with Crippen LogP contribution >= 0.6 is 0 Å². The molecule has 0 saturated carbocycles. The van der Waals surface area contributed by atoms with Gasteiger partial charge in [0.15, 0.2) is 6.23 Å². The summed E-state index contributed by atoms with van der Waals surface area (Å²) in [5, 5.41) is 28.2. The van der Waals surface area contributed by atoms with Gasteiger partial charge in [-0.25, -0.2) is 4.79 Å². The fourth-order valence-corrected chi connectivity index (χ4v) is 1.73. The van der Waals surface area contributed by atoms with Gasteiger partial charge >= 0.3 is 5.69 Å². The van der Waals surface area contributed by atoms with Gasteiger partial charge in [-0.05, 0) is 6.07 Å². The molecular weight excluding hydrogens is 231 g/mol. The Morgan fingerprint density at radius 3 is 2.71 bits per heavy atom. The van der Waals surface area contributed by atoms with E-state index in [1.165, 1.54) is 12.3 Å². The molecule has 2 rings (SSSR count). The third kappa shape index (κ3) is 2.03. The van der Waals surface area contributed by atoms with Gasteiger partial charge in [0.2, 0.25) is 0 Å². The minimum absolute atomic E-state index is 0.0537. The van der Waals surface area contributed by atoms with E-state index in [1.54, 1.807) is 0 Å². The van der Waals surface area contributed by atoms with Crippen LogP contribution in [0.4, 0.5) is 5.82 Å². The molecule has 0 amide bonds. The van der Waals surface area contributed by atoms with Crippen molar-refractivity contribution in [1.29, 1.82) is 0 Å². The van der Waals surface area contributed by atoms with Gasteiger partial charge in [0.25, 0.3) is 0 Å². The summed E-state index contributed by atoms with van der Waals surface area (Å²) in [5.41, 5.74) is 4.63. The Hall–Kier alpha value is -1.48. The van der Waals surface area contributed by atoms with Crippen molar-refractivity contribution in [3.05, 3.63) is 22.7 Å². The standard InChI is InChI=1S/C9H13N3O5/c10-5-1-2-12(9(16)11-5)8-7(15)6(14)4(3-13)17-8/h1-2,4,6-8,13-15H,3H2,(H2,10,11,16)/t4-,6-,7-,8-/m1/s1/i11+1. The summed E-state index contributed by atoms with van der Waals surface area (Å²) in [6, 6.07) is 1.37. The van der Waals surface area contributed by atoms with Crippen LogP contribution in [-0.2, 0) is 4.74 Å². The maximum Gasteiger partial charge on any atom is 0.351 e. The number of nitrogens with two attached hydrogens (primary N) is 1. The smallest absolute Gasteiger partial charge is 0.351 e. The van der Waals surface area contributed by atoms with Crippen molar-refractivity contribution in [2.24, 2.45) is 0 Å². The predicted octanol–water partition coefficient (Wildman–Crippen LogP) is -2.56. The lowest BCUT2D eigenvalue weighted by Gasteiger charge is -2.16. The second kappa shape index (κ2) is 4.41. The number of nitrogen functional groups attached to an aromatic ring is 1. The Kier molecular flexibility index (Phi) is 3.11. The highest BCUT2D eigenvalue weighted by molar-refractivity contribution is 5.23. The van der Waals surface area contributed by atoms with Gasteiger partial charge in [-0.1, -0.05) is 0 Å². The zero-order valence-electron chi connectivity index (χ0n) is 8.80. The van der Waals surface area contributed by atoms with Crippen LogP contribution in [0.15, 0.2) is 17.1 Å². The van der Waals surface area contributed by atoms with Crippen LogP contribution in [0.5, 0.6) is 0 Å². The lowest BCUT2D eigenvalue weighted by atomic mass is 10.1. The number of aromatic nitrogens is 2. The van der Waals surface area contributed by atoms with E-state index < -0.39 is 36.8 Å². The summed E-state index contributed by atoms with van der Waals surface area (Å²) in [7, 11) is 0. The fraction of sp³-hybridized carbons (Fsp3) is 0.556. The van der Waals surface area contributed by atoms with E-state index in [0.717, 1.165) is 4.57 Å². The fourth-order valence-electron chi connectivity index (χ4n) is 1.73. The summed E-state index contributed by atoms with van der Waals surface area (Å²) in [4.78, 5) is 15.0. The molecule has 0 aromatic carbocycles. The molecule has 1 aromatic rings. The molecule has 8 nitrogen and oxygen atoms in total. The Morgan fingerprint density at radius 2 is 2.18 bits per heavy atom. The van der Waals surface area contributed by atoms with E-state index in [1.807, 2.05) is 0 Å². The van der Waals surface area contributed by atoms with Crippen LogP contribution in [0, 0.1) is 0 Å².